The van der Waals surface area contributed by atoms with E-state index >= 15 is 0 Å². The van der Waals surface area contributed by atoms with E-state index in [0.29, 0.717) is 23.2 Å². The van der Waals surface area contributed by atoms with Crippen LogP contribution >= 0.6 is 0 Å². The van der Waals surface area contributed by atoms with Gasteiger partial charge in [-0.25, -0.2) is 0 Å². The zero-order chi connectivity index (χ0) is 11.7. The van der Waals surface area contributed by atoms with E-state index in [1.165, 1.54) is 0 Å². The maximum atomic E-state index is 11.4. The van der Waals surface area contributed by atoms with Crippen LogP contribution in [0.5, 0.6) is 0 Å². The normalized spacial score (nSPS) is 22.5. The van der Waals surface area contributed by atoms with Crippen LogP contribution in [0, 0.1) is 16.7 Å². The molecule has 0 radical (unpaired) electrons. The van der Waals surface area contributed by atoms with E-state index in [2.05, 4.69) is 38.3 Å². The first kappa shape index (κ1) is 12.5. The van der Waals surface area contributed by atoms with Crippen LogP contribution in [0.15, 0.2) is 0 Å². The van der Waals surface area contributed by atoms with Crippen LogP contribution in [0.2, 0.25) is 0 Å². The quantitative estimate of drug-likeness (QED) is 0.723. The van der Waals surface area contributed by atoms with Crippen molar-refractivity contribution in [2.45, 2.75) is 34.1 Å². The third kappa shape index (κ3) is 2.33. The van der Waals surface area contributed by atoms with Crippen molar-refractivity contribution < 1.29 is 4.79 Å². The third-order valence-corrected chi connectivity index (χ3v) is 4.43. The summed E-state index contributed by atoms with van der Waals surface area (Å²) in [5.74, 6) is 0.770. The van der Waals surface area contributed by atoms with Crippen molar-refractivity contribution in [3.05, 3.63) is 0 Å². The van der Waals surface area contributed by atoms with Gasteiger partial charge in [0.25, 0.3) is 0 Å². The van der Waals surface area contributed by atoms with E-state index in [1.54, 1.807) is 0 Å². The Morgan fingerprint density at radius 3 is 2.13 bits per heavy atom. The minimum atomic E-state index is 0.155. The molecular weight excluding hydrogens is 188 g/mol. The molecule has 1 rings (SSSR count). The van der Waals surface area contributed by atoms with Crippen LogP contribution in [-0.4, -0.2) is 26.0 Å². The van der Waals surface area contributed by atoms with Gasteiger partial charge < -0.3 is 10.6 Å². The largest absolute Gasteiger partial charge is 0.356 e. The first-order valence-electron chi connectivity index (χ1n) is 5.75. The number of rotatable bonds is 5. The number of amides is 1. The van der Waals surface area contributed by atoms with Crippen LogP contribution in [-0.2, 0) is 4.79 Å². The first-order chi connectivity index (χ1) is 6.84. The second kappa shape index (κ2) is 4.12. The average Bonchev–Trinajstić information content (AvgIpc) is 2.51. The molecule has 0 spiro atoms. The predicted molar refractivity (Wildman–Crippen MR) is 62.6 cm³/mol. The number of carbonyl (C=O) groups is 1. The molecule has 0 aromatic carbocycles. The van der Waals surface area contributed by atoms with Crippen LogP contribution in [0.1, 0.15) is 34.1 Å². The number of hydrogen-bond acceptors (Lipinski definition) is 2. The van der Waals surface area contributed by atoms with Crippen molar-refractivity contribution in [3.63, 3.8) is 0 Å². The molecule has 0 aromatic rings. The molecule has 1 aliphatic rings. The standard InChI is InChI=1S/C12H24N2O/c1-11(2)9(12(11,3)4)8-14-10(15)6-7-13-5/h9,13H,6-8H2,1-5H3,(H,14,15). The lowest BCUT2D eigenvalue weighted by molar-refractivity contribution is -0.121. The molecule has 0 aliphatic heterocycles. The van der Waals surface area contributed by atoms with E-state index in [0.717, 1.165) is 13.1 Å². The lowest BCUT2D eigenvalue weighted by atomic mass is 10.0. The molecule has 3 heteroatoms. The third-order valence-electron chi connectivity index (χ3n) is 4.43. The fourth-order valence-corrected chi connectivity index (χ4v) is 2.39. The van der Waals surface area contributed by atoms with Crippen molar-refractivity contribution in [2.75, 3.05) is 20.1 Å². The van der Waals surface area contributed by atoms with Crippen LogP contribution in [0.3, 0.4) is 0 Å². The SMILES string of the molecule is CNCCC(=O)NCC1C(C)(C)C1(C)C. The van der Waals surface area contributed by atoms with Gasteiger partial charge in [-0.2, -0.15) is 0 Å². The van der Waals surface area contributed by atoms with Crippen molar-refractivity contribution in [2.24, 2.45) is 16.7 Å². The smallest absolute Gasteiger partial charge is 0.221 e. The molecule has 0 saturated heterocycles. The summed E-state index contributed by atoms with van der Waals surface area (Å²) in [7, 11) is 1.86. The summed E-state index contributed by atoms with van der Waals surface area (Å²) in [6.07, 6.45) is 0.573. The molecule has 0 bridgehead atoms. The summed E-state index contributed by atoms with van der Waals surface area (Å²) in [5.41, 5.74) is 0.729. The highest BCUT2D eigenvalue weighted by atomic mass is 16.1. The molecule has 0 atom stereocenters. The molecule has 2 N–H and O–H groups in total. The van der Waals surface area contributed by atoms with Gasteiger partial charge in [0.05, 0.1) is 0 Å². The first-order valence-corrected chi connectivity index (χ1v) is 5.75. The zero-order valence-electron chi connectivity index (χ0n) is 10.6. The Balaban J connectivity index is 2.25. The van der Waals surface area contributed by atoms with Gasteiger partial charge in [-0.3, -0.25) is 4.79 Å². The molecule has 0 aromatic heterocycles. The molecule has 1 saturated carbocycles. The van der Waals surface area contributed by atoms with Crippen molar-refractivity contribution in [3.8, 4) is 0 Å². The van der Waals surface area contributed by atoms with Crippen molar-refractivity contribution in [1.82, 2.24) is 10.6 Å². The van der Waals surface area contributed by atoms with Crippen LogP contribution in [0.4, 0.5) is 0 Å². The summed E-state index contributed by atoms with van der Waals surface area (Å²) >= 11 is 0. The highest BCUT2D eigenvalue weighted by Gasteiger charge is 2.64. The minimum Gasteiger partial charge on any atom is -0.356 e. The van der Waals surface area contributed by atoms with Gasteiger partial charge in [-0.1, -0.05) is 27.7 Å². The van der Waals surface area contributed by atoms with Crippen molar-refractivity contribution in [1.29, 1.82) is 0 Å². The summed E-state index contributed by atoms with van der Waals surface area (Å²) < 4.78 is 0. The van der Waals surface area contributed by atoms with Gasteiger partial charge in [0.15, 0.2) is 0 Å². The summed E-state index contributed by atoms with van der Waals surface area (Å²) in [6, 6.07) is 0. The molecular formula is C12H24N2O. The summed E-state index contributed by atoms with van der Waals surface area (Å²) in [6.45, 7) is 10.7. The van der Waals surface area contributed by atoms with Gasteiger partial charge >= 0.3 is 0 Å². The topological polar surface area (TPSA) is 41.1 Å². The van der Waals surface area contributed by atoms with Gasteiger partial charge in [0, 0.05) is 19.5 Å². The molecule has 88 valence electrons. The van der Waals surface area contributed by atoms with Crippen LogP contribution in [0.25, 0.3) is 0 Å². The molecule has 1 amide bonds. The fourth-order valence-electron chi connectivity index (χ4n) is 2.39. The Morgan fingerprint density at radius 1 is 1.20 bits per heavy atom. The average molecular weight is 212 g/mol. The predicted octanol–water partition coefficient (Wildman–Crippen LogP) is 1.39. The van der Waals surface area contributed by atoms with E-state index < -0.39 is 0 Å². The second-order valence-corrected chi connectivity index (χ2v) is 5.65. The molecule has 1 aliphatic carbocycles. The van der Waals surface area contributed by atoms with E-state index in [9.17, 15) is 4.79 Å². The molecule has 15 heavy (non-hydrogen) atoms. The summed E-state index contributed by atoms with van der Waals surface area (Å²) in [4.78, 5) is 11.4. The van der Waals surface area contributed by atoms with Crippen molar-refractivity contribution >= 4 is 5.91 Å². The Kier molecular flexibility index (Phi) is 3.44. The maximum Gasteiger partial charge on any atom is 0.221 e. The number of nitrogens with one attached hydrogen (secondary N) is 2. The highest BCUT2D eigenvalue weighted by molar-refractivity contribution is 5.76. The number of carbonyl (C=O) groups excluding carboxylic acids is 1. The number of hydrogen-bond donors (Lipinski definition) is 2. The Bertz CT molecular complexity index is 232. The van der Waals surface area contributed by atoms with E-state index in [-0.39, 0.29) is 5.91 Å². The fraction of sp³-hybridized carbons (Fsp3) is 0.917. The Hall–Kier alpha value is -0.570. The summed E-state index contributed by atoms with van der Waals surface area (Å²) in [5, 5.41) is 5.99. The van der Waals surface area contributed by atoms with E-state index in [4.69, 9.17) is 0 Å². The van der Waals surface area contributed by atoms with Gasteiger partial charge in [-0.05, 0) is 23.8 Å². The molecule has 0 heterocycles. The monoisotopic (exact) mass is 212 g/mol. The lowest BCUT2D eigenvalue weighted by Gasteiger charge is -2.05. The Labute approximate surface area is 93.0 Å². The molecule has 0 unspecified atom stereocenters. The van der Waals surface area contributed by atoms with Gasteiger partial charge in [0.1, 0.15) is 0 Å². The maximum absolute atomic E-state index is 11.4. The Morgan fingerprint density at radius 2 is 1.73 bits per heavy atom. The van der Waals surface area contributed by atoms with Gasteiger partial charge in [0.2, 0.25) is 5.91 Å². The molecule has 1 fully saturated rings. The minimum absolute atomic E-state index is 0.155. The highest BCUT2D eigenvalue weighted by Crippen LogP contribution is 2.67. The molecule has 3 nitrogen and oxygen atoms in total. The zero-order valence-corrected chi connectivity index (χ0v) is 10.6. The van der Waals surface area contributed by atoms with Gasteiger partial charge in [-0.15, -0.1) is 0 Å². The van der Waals surface area contributed by atoms with Crippen LogP contribution < -0.4 is 10.6 Å². The lowest BCUT2D eigenvalue weighted by Crippen LogP contribution is -2.29. The second-order valence-electron chi connectivity index (χ2n) is 5.65. The van der Waals surface area contributed by atoms with E-state index in [1.807, 2.05) is 7.05 Å².